The van der Waals surface area contributed by atoms with Crippen LogP contribution in [0.25, 0.3) is 0 Å². The predicted octanol–water partition coefficient (Wildman–Crippen LogP) is 2.78. The van der Waals surface area contributed by atoms with E-state index >= 15 is 0 Å². The number of benzene rings is 1. The second-order valence-electron chi connectivity index (χ2n) is 5.17. The highest BCUT2D eigenvalue weighted by atomic mass is 35.5. The Hall–Kier alpha value is -0.780. The molecule has 1 aromatic carbocycles. The lowest BCUT2D eigenvalue weighted by molar-refractivity contribution is 0.310. The highest BCUT2D eigenvalue weighted by Crippen LogP contribution is 2.27. The number of nitrogen functional groups attached to an aromatic ring is 1. The fourth-order valence-electron chi connectivity index (χ4n) is 2.52. The molecule has 0 amide bonds. The number of hydrogen-bond acceptors (Lipinski definition) is 3. The highest BCUT2D eigenvalue weighted by molar-refractivity contribution is 7.89. The third-order valence-electron chi connectivity index (χ3n) is 3.68. The van der Waals surface area contributed by atoms with E-state index in [1.54, 1.807) is 0 Å². The van der Waals surface area contributed by atoms with Crippen LogP contribution in [0, 0.1) is 5.92 Å². The van der Waals surface area contributed by atoms with Crippen LogP contribution in [-0.2, 0) is 10.0 Å². The van der Waals surface area contributed by atoms with Crippen LogP contribution in [0.2, 0.25) is 5.02 Å². The van der Waals surface area contributed by atoms with E-state index in [0.717, 1.165) is 19.3 Å². The van der Waals surface area contributed by atoms with Gasteiger partial charge in [0.25, 0.3) is 0 Å². The Balaban J connectivity index is 2.22. The number of rotatable bonds is 3. The number of anilines is 1. The number of sulfonamides is 1. The third kappa shape index (κ3) is 3.41. The molecule has 4 nitrogen and oxygen atoms in total. The SMILES string of the molecule is CC1CCCCC1NS(=O)(=O)c1ccc(Cl)cc1N. The van der Waals surface area contributed by atoms with Crippen molar-refractivity contribution in [1.82, 2.24) is 4.72 Å². The topological polar surface area (TPSA) is 72.2 Å². The lowest BCUT2D eigenvalue weighted by atomic mass is 9.87. The second-order valence-corrected chi connectivity index (χ2v) is 7.29. The highest BCUT2D eigenvalue weighted by Gasteiger charge is 2.27. The van der Waals surface area contributed by atoms with Gasteiger partial charge in [0, 0.05) is 11.1 Å². The number of nitrogens with two attached hydrogens (primary N) is 1. The van der Waals surface area contributed by atoms with E-state index in [9.17, 15) is 8.42 Å². The number of halogens is 1. The smallest absolute Gasteiger partial charge is 0.242 e. The van der Waals surface area contributed by atoms with Gasteiger partial charge in [0.2, 0.25) is 10.0 Å². The Labute approximate surface area is 119 Å². The zero-order valence-corrected chi connectivity index (χ0v) is 12.5. The maximum atomic E-state index is 12.3. The van der Waals surface area contributed by atoms with Crippen LogP contribution in [0.3, 0.4) is 0 Å². The van der Waals surface area contributed by atoms with Crippen molar-refractivity contribution < 1.29 is 8.42 Å². The van der Waals surface area contributed by atoms with Gasteiger partial charge in [-0.3, -0.25) is 0 Å². The largest absolute Gasteiger partial charge is 0.398 e. The fraction of sp³-hybridized carbons (Fsp3) is 0.538. The molecule has 0 spiro atoms. The summed E-state index contributed by atoms with van der Waals surface area (Å²) >= 11 is 5.79. The average Bonchev–Trinajstić information content (AvgIpc) is 2.31. The Morgan fingerprint density at radius 1 is 1.32 bits per heavy atom. The van der Waals surface area contributed by atoms with Crippen molar-refractivity contribution in [3.63, 3.8) is 0 Å². The average molecular weight is 303 g/mol. The number of nitrogens with one attached hydrogen (secondary N) is 1. The minimum atomic E-state index is -3.57. The predicted molar refractivity (Wildman–Crippen MR) is 77.6 cm³/mol. The molecule has 1 fully saturated rings. The molecule has 19 heavy (non-hydrogen) atoms. The summed E-state index contributed by atoms with van der Waals surface area (Å²) in [5.74, 6) is 0.358. The van der Waals surface area contributed by atoms with E-state index < -0.39 is 10.0 Å². The Morgan fingerprint density at radius 2 is 2.00 bits per heavy atom. The molecule has 1 aliphatic carbocycles. The Bertz CT molecular complexity index is 560. The van der Waals surface area contributed by atoms with Gasteiger partial charge in [0.1, 0.15) is 4.90 Å². The summed E-state index contributed by atoms with van der Waals surface area (Å²) in [6, 6.07) is 4.44. The molecule has 1 aliphatic rings. The summed E-state index contributed by atoms with van der Waals surface area (Å²) < 4.78 is 27.5. The molecule has 0 bridgehead atoms. The van der Waals surface area contributed by atoms with E-state index in [1.807, 2.05) is 0 Å². The monoisotopic (exact) mass is 302 g/mol. The van der Waals surface area contributed by atoms with Crippen LogP contribution in [0.1, 0.15) is 32.6 Å². The van der Waals surface area contributed by atoms with Crippen LogP contribution in [-0.4, -0.2) is 14.5 Å². The molecule has 0 heterocycles. The summed E-state index contributed by atoms with van der Waals surface area (Å²) in [6.07, 6.45) is 4.17. The van der Waals surface area contributed by atoms with Crippen LogP contribution < -0.4 is 10.5 Å². The molecule has 106 valence electrons. The normalized spacial score (nSPS) is 24.3. The molecular formula is C13H19ClN2O2S. The van der Waals surface area contributed by atoms with Crippen molar-refractivity contribution in [2.75, 3.05) is 5.73 Å². The molecule has 2 unspecified atom stereocenters. The molecule has 3 N–H and O–H groups in total. The van der Waals surface area contributed by atoms with E-state index in [0.29, 0.717) is 10.9 Å². The lowest BCUT2D eigenvalue weighted by Crippen LogP contribution is -2.41. The Kier molecular flexibility index (Phi) is 4.38. The van der Waals surface area contributed by atoms with Crippen molar-refractivity contribution in [3.8, 4) is 0 Å². The van der Waals surface area contributed by atoms with Gasteiger partial charge < -0.3 is 5.73 Å². The molecule has 0 saturated heterocycles. The second kappa shape index (κ2) is 5.69. The first-order valence-electron chi connectivity index (χ1n) is 6.47. The minimum Gasteiger partial charge on any atom is -0.398 e. The zero-order chi connectivity index (χ0) is 14.0. The maximum Gasteiger partial charge on any atom is 0.242 e. The lowest BCUT2D eigenvalue weighted by Gasteiger charge is -2.29. The van der Waals surface area contributed by atoms with Gasteiger partial charge in [-0.15, -0.1) is 0 Å². The van der Waals surface area contributed by atoms with Crippen molar-refractivity contribution in [2.45, 2.75) is 43.5 Å². The van der Waals surface area contributed by atoms with Gasteiger partial charge in [0.05, 0.1) is 5.69 Å². The minimum absolute atomic E-state index is 0.00571. The van der Waals surface area contributed by atoms with Crippen molar-refractivity contribution >= 4 is 27.3 Å². The van der Waals surface area contributed by atoms with Gasteiger partial charge in [-0.05, 0) is 37.0 Å². The van der Waals surface area contributed by atoms with E-state index in [4.69, 9.17) is 17.3 Å². The van der Waals surface area contributed by atoms with Gasteiger partial charge in [-0.1, -0.05) is 31.4 Å². The molecule has 1 saturated carbocycles. The third-order valence-corrected chi connectivity index (χ3v) is 5.48. The molecule has 0 radical (unpaired) electrons. The van der Waals surface area contributed by atoms with E-state index in [1.165, 1.54) is 24.6 Å². The molecule has 1 aromatic rings. The van der Waals surface area contributed by atoms with Crippen LogP contribution in [0.15, 0.2) is 23.1 Å². The van der Waals surface area contributed by atoms with Crippen LogP contribution in [0.4, 0.5) is 5.69 Å². The van der Waals surface area contributed by atoms with Crippen molar-refractivity contribution in [3.05, 3.63) is 23.2 Å². The molecule has 6 heteroatoms. The van der Waals surface area contributed by atoms with Crippen molar-refractivity contribution in [1.29, 1.82) is 0 Å². The molecular weight excluding hydrogens is 284 g/mol. The summed E-state index contributed by atoms with van der Waals surface area (Å²) in [4.78, 5) is 0.106. The Morgan fingerprint density at radius 3 is 2.63 bits per heavy atom. The van der Waals surface area contributed by atoms with Gasteiger partial charge >= 0.3 is 0 Å². The van der Waals surface area contributed by atoms with Crippen LogP contribution in [0.5, 0.6) is 0 Å². The molecule has 2 atom stereocenters. The summed E-state index contributed by atoms with van der Waals surface area (Å²) in [7, 11) is -3.57. The zero-order valence-electron chi connectivity index (χ0n) is 10.9. The van der Waals surface area contributed by atoms with Gasteiger partial charge in [0.15, 0.2) is 0 Å². The van der Waals surface area contributed by atoms with Gasteiger partial charge in [-0.2, -0.15) is 0 Å². The first-order valence-corrected chi connectivity index (χ1v) is 8.33. The molecule has 0 aliphatic heterocycles. The first-order chi connectivity index (χ1) is 8.90. The first kappa shape index (κ1) is 14.6. The quantitative estimate of drug-likeness (QED) is 0.843. The van der Waals surface area contributed by atoms with Crippen molar-refractivity contribution in [2.24, 2.45) is 5.92 Å². The summed E-state index contributed by atoms with van der Waals surface area (Å²) in [6.45, 7) is 2.08. The van der Waals surface area contributed by atoms with E-state index in [-0.39, 0.29) is 16.6 Å². The van der Waals surface area contributed by atoms with E-state index in [2.05, 4.69) is 11.6 Å². The maximum absolute atomic E-state index is 12.3. The molecule has 2 rings (SSSR count). The van der Waals surface area contributed by atoms with Gasteiger partial charge in [-0.25, -0.2) is 13.1 Å². The van der Waals surface area contributed by atoms with Crippen LogP contribution >= 0.6 is 11.6 Å². The summed E-state index contributed by atoms with van der Waals surface area (Å²) in [5.41, 5.74) is 5.93. The number of hydrogen-bond donors (Lipinski definition) is 2. The fourth-order valence-corrected chi connectivity index (χ4v) is 4.19. The standard InChI is InChI=1S/C13H19ClN2O2S/c1-9-4-2-3-5-12(9)16-19(17,18)13-7-6-10(14)8-11(13)15/h6-9,12,16H,2-5,15H2,1H3. The molecule has 0 aromatic heterocycles. The summed E-state index contributed by atoms with van der Waals surface area (Å²) in [5, 5.41) is 0.433.